The Morgan fingerprint density at radius 3 is 2.40 bits per heavy atom. The summed E-state index contributed by atoms with van der Waals surface area (Å²) < 4.78 is 4.83. The Kier molecular flexibility index (Phi) is 5.75. The molecule has 132 valence electrons. The smallest absolute Gasteiger partial charge is 0.340 e. The molecule has 0 bridgehead atoms. The average molecular weight is 343 g/mol. The first-order valence-electron chi connectivity index (χ1n) is 8.07. The Bertz CT molecular complexity index is 759. The fourth-order valence-electron chi connectivity index (χ4n) is 2.70. The van der Waals surface area contributed by atoms with Gasteiger partial charge in [0.1, 0.15) is 0 Å². The van der Waals surface area contributed by atoms with Gasteiger partial charge in [-0.25, -0.2) is 9.59 Å². The third-order valence-electron chi connectivity index (χ3n) is 4.11. The molecule has 1 aliphatic rings. The number of aromatic carboxylic acids is 1. The lowest BCUT2D eigenvalue weighted by atomic mass is 10.0. The lowest BCUT2D eigenvalue weighted by Gasteiger charge is -2.17. The van der Waals surface area contributed by atoms with Gasteiger partial charge in [-0.2, -0.15) is 0 Å². The van der Waals surface area contributed by atoms with Gasteiger partial charge in [0.25, 0.3) is 5.91 Å². The van der Waals surface area contributed by atoms with Gasteiger partial charge in [-0.15, -0.1) is 0 Å². The minimum atomic E-state index is -1.02. The predicted molar refractivity (Wildman–Crippen MR) is 92.7 cm³/mol. The summed E-state index contributed by atoms with van der Waals surface area (Å²) in [4.78, 5) is 37.4. The van der Waals surface area contributed by atoms with Crippen LogP contribution in [0.3, 0.4) is 0 Å². The molecule has 0 spiro atoms. The highest BCUT2D eigenvalue weighted by molar-refractivity contribution is 6.16. The van der Waals surface area contributed by atoms with E-state index in [9.17, 15) is 14.4 Å². The molecular weight excluding hydrogens is 322 g/mol. The van der Waals surface area contributed by atoms with Crippen LogP contribution in [-0.2, 0) is 14.3 Å². The lowest BCUT2D eigenvalue weighted by Crippen LogP contribution is -2.26. The third-order valence-corrected chi connectivity index (χ3v) is 4.11. The molecule has 1 aromatic carbocycles. The van der Waals surface area contributed by atoms with Crippen LogP contribution in [-0.4, -0.2) is 41.5 Å². The molecule has 6 nitrogen and oxygen atoms in total. The van der Waals surface area contributed by atoms with Crippen LogP contribution in [0, 0.1) is 0 Å². The molecule has 6 heteroatoms. The number of benzene rings is 1. The molecule has 1 amide bonds. The molecular formula is C19H21NO5. The monoisotopic (exact) mass is 343 g/mol. The molecule has 0 radical (unpaired) electrons. The number of methoxy groups -OCH3 is 1. The third kappa shape index (κ3) is 3.79. The highest BCUT2D eigenvalue weighted by Crippen LogP contribution is 2.31. The van der Waals surface area contributed by atoms with E-state index in [0.717, 1.165) is 12.8 Å². The van der Waals surface area contributed by atoms with Crippen molar-refractivity contribution in [3.8, 4) is 0 Å². The van der Waals surface area contributed by atoms with Crippen molar-refractivity contribution < 1.29 is 24.2 Å². The summed E-state index contributed by atoms with van der Waals surface area (Å²) in [5.41, 5.74) is 1.90. The summed E-state index contributed by atoms with van der Waals surface area (Å²) in [5.74, 6) is -1.82. The largest absolute Gasteiger partial charge is 0.478 e. The van der Waals surface area contributed by atoms with E-state index >= 15 is 0 Å². The van der Waals surface area contributed by atoms with Crippen LogP contribution in [0.5, 0.6) is 0 Å². The van der Waals surface area contributed by atoms with E-state index in [1.54, 1.807) is 30.0 Å². The molecule has 1 N–H and O–H groups in total. The van der Waals surface area contributed by atoms with Crippen molar-refractivity contribution >= 4 is 23.9 Å². The molecule has 0 fully saturated rings. The molecule has 0 aromatic heterocycles. The number of amides is 1. The highest BCUT2D eigenvalue weighted by atomic mass is 16.5. The van der Waals surface area contributed by atoms with Gasteiger partial charge in [-0.05, 0) is 37.1 Å². The van der Waals surface area contributed by atoms with E-state index in [0.29, 0.717) is 17.8 Å². The first kappa shape index (κ1) is 18.4. The maximum Gasteiger partial charge on any atom is 0.340 e. The predicted octanol–water partition coefficient (Wildman–Crippen LogP) is 2.86. The van der Waals surface area contributed by atoms with Gasteiger partial charge in [0.15, 0.2) is 0 Å². The molecule has 0 atom stereocenters. The molecule has 0 saturated carbocycles. The number of carbonyl (C=O) groups is 3. The van der Waals surface area contributed by atoms with Crippen LogP contribution in [0.25, 0.3) is 6.08 Å². The highest BCUT2D eigenvalue weighted by Gasteiger charge is 2.36. The van der Waals surface area contributed by atoms with Gasteiger partial charge >= 0.3 is 11.9 Å². The number of hydrogen-bond donors (Lipinski definition) is 1. The number of carboxylic acid groups (broad SMARTS) is 1. The Morgan fingerprint density at radius 2 is 1.88 bits per heavy atom. The molecule has 0 aliphatic carbocycles. The molecule has 0 unspecified atom stereocenters. The van der Waals surface area contributed by atoms with E-state index in [1.807, 2.05) is 6.92 Å². The second-order valence-electron chi connectivity index (χ2n) is 5.75. The molecule has 1 aromatic rings. The quantitative estimate of drug-likeness (QED) is 0.634. The first-order chi connectivity index (χ1) is 11.9. The van der Waals surface area contributed by atoms with Crippen molar-refractivity contribution in [1.82, 2.24) is 4.90 Å². The summed E-state index contributed by atoms with van der Waals surface area (Å²) in [5, 5.41) is 8.96. The molecule has 2 rings (SSSR count). The van der Waals surface area contributed by atoms with Crippen LogP contribution < -0.4 is 0 Å². The topological polar surface area (TPSA) is 83.9 Å². The zero-order valence-electron chi connectivity index (χ0n) is 14.5. The number of esters is 1. The number of ether oxygens (including phenoxy) is 1. The molecule has 1 heterocycles. The number of nitrogens with zero attached hydrogens (tertiary/aromatic N) is 1. The summed E-state index contributed by atoms with van der Waals surface area (Å²) in [6, 6.07) is 6.11. The average Bonchev–Trinajstić information content (AvgIpc) is 2.83. The van der Waals surface area contributed by atoms with Crippen LogP contribution in [0.15, 0.2) is 41.1 Å². The van der Waals surface area contributed by atoms with Crippen LogP contribution in [0.4, 0.5) is 0 Å². The molecule has 25 heavy (non-hydrogen) atoms. The van der Waals surface area contributed by atoms with Gasteiger partial charge in [0, 0.05) is 12.2 Å². The minimum Gasteiger partial charge on any atom is -0.478 e. The van der Waals surface area contributed by atoms with E-state index in [-0.39, 0.29) is 22.6 Å². The van der Waals surface area contributed by atoms with Gasteiger partial charge in [0.2, 0.25) is 0 Å². The van der Waals surface area contributed by atoms with Crippen molar-refractivity contribution in [1.29, 1.82) is 0 Å². The van der Waals surface area contributed by atoms with Gasteiger partial charge < -0.3 is 14.7 Å². The van der Waals surface area contributed by atoms with Crippen molar-refractivity contribution in [3.63, 3.8) is 0 Å². The van der Waals surface area contributed by atoms with Gasteiger partial charge in [-0.1, -0.05) is 25.5 Å². The Hall–Kier alpha value is -2.89. The summed E-state index contributed by atoms with van der Waals surface area (Å²) >= 11 is 0. The van der Waals surface area contributed by atoms with Gasteiger partial charge in [0.05, 0.1) is 23.8 Å². The Labute approximate surface area is 146 Å². The number of unbranched alkanes of at least 4 members (excludes halogenated alkanes) is 1. The van der Waals surface area contributed by atoms with Crippen LogP contribution >= 0.6 is 0 Å². The van der Waals surface area contributed by atoms with Crippen molar-refractivity contribution in [2.24, 2.45) is 0 Å². The minimum absolute atomic E-state index is 0.157. The van der Waals surface area contributed by atoms with Crippen LogP contribution in [0.2, 0.25) is 0 Å². The molecule has 1 aliphatic heterocycles. The van der Waals surface area contributed by atoms with Crippen LogP contribution in [0.1, 0.15) is 42.6 Å². The zero-order chi connectivity index (χ0) is 18.6. The fourth-order valence-corrected chi connectivity index (χ4v) is 2.70. The first-order valence-corrected chi connectivity index (χ1v) is 8.07. The standard InChI is InChI=1S/C19H21NO5/c1-4-5-10-20-12(2)16(19(24)25-3)15(17(20)21)11-13-6-8-14(9-7-13)18(22)23/h6-9,11H,4-5,10H2,1-3H3,(H,22,23). The van der Waals surface area contributed by atoms with Crippen molar-refractivity contribution in [3.05, 3.63) is 52.2 Å². The van der Waals surface area contributed by atoms with Gasteiger partial charge in [-0.3, -0.25) is 4.79 Å². The second kappa shape index (κ2) is 7.79. The number of hydrogen-bond acceptors (Lipinski definition) is 4. The second-order valence-corrected chi connectivity index (χ2v) is 5.75. The number of carboxylic acids is 1. The number of rotatable bonds is 6. The number of carbonyl (C=O) groups excluding carboxylic acids is 2. The van der Waals surface area contributed by atoms with E-state index in [2.05, 4.69) is 0 Å². The zero-order valence-corrected chi connectivity index (χ0v) is 14.5. The van der Waals surface area contributed by atoms with E-state index < -0.39 is 11.9 Å². The summed E-state index contributed by atoms with van der Waals surface area (Å²) in [6.07, 6.45) is 3.36. The summed E-state index contributed by atoms with van der Waals surface area (Å²) in [7, 11) is 1.28. The maximum atomic E-state index is 12.7. The van der Waals surface area contributed by atoms with Crippen molar-refractivity contribution in [2.45, 2.75) is 26.7 Å². The van der Waals surface area contributed by atoms with E-state index in [4.69, 9.17) is 9.84 Å². The number of allylic oxidation sites excluding steroid dienone is 1. The maximum absolute atomic E-state index is 12.7. The fraction of sp³-hybridized carbons (Fsp3) is 0.316. The Balaban J connectivity index is 2.44. The van der Waals surface area contributed by atoms with E-state index in [1.165, 1.54) is 19.2 Å². The SMILES string of the molecule is CCCCN1C(=O)C(=Cc2ccc(C(=O)O)cc2)C(C(=O)OC)=C1C. The molecule has 0 saturated heterocycles. The normalized spacial score (nSPS) is 15.9. The lowest BCUT2D eigenvalue weighted by molar-refractivity contribution is -0.136. The Morgan fingerprint density at radius 1 is 1.24 bits per heavy atom. The van der Waals surface area contributed by atoms with Crippen molar-refractivity contribution in [2.75, 3.05) is 13.7 Å². The summed E-state index contributed by atoms with van der Waals surface area (Å²) in [6.45, 7) is 4.30.